The molecule has 204 valence electrons. The molecule has 0 bridgehead atoms. The van der Waals surface area contributed by atoms with Crippen LogP contribution >= 0.6 is 11.3 Å². The van der Waals surface area contributed by atoms with Crippen LogP contribution in [0.25, 0.3) is 10.2 Å². The Morgan fingerprint density at radius 1 is 1.24 bits per heavy atom. The maximum atomic E-state index is 14.7. The zero-order valence-electron chi connectivity index (χ0n) is 21.2. The van der Waals surface area contributed by atoms with Crippen LogP contribution < -0.4 is 15.5 Å². The maximum Gasteiger partial charge on any atom is 0.393 e. The third-order valence-corrected chi connectivity index (χ3v) is 8.31. The molecule has 1 amide bonds. The Hall–Kier alpha value is -2.99. The average molecular weight is 551 g/mol. The summed E-state index contributed by atoms with van der Waals surface area (Å²) in [6, 6.07) is 6.15. The minimum atomic E-state index is -4.27. The lowest BCUT2D eigenvalue weighted by molar-refractivity contribution is -0.126. The van der Waals surface area contributed by atoms with E-state index in [1.165, 1.54) is 12.4 Å². The Morgan fingerprint density at radius 2 is 2.03 bits per heavy atom. The number of benzene rings is 1. The molecule has 2 N–H and O–H groups in total. The highest BCUT2D eigenvalue weighted by Gasteiger charge is 2.49. The summed E-state index contributed by atoms with van der Waals surface area (Å²) in [5.41, 5.74) is 0.714. The zero-order valence-corrected chi connectivity index (χ0v) is 22.1. The minimum absolute atomic E-state index is 0.0580. The molecule has 3 aromatic rings. The fourth-order valence-electron chi connectivity index (χ4n) is 5.45. The monoisotopic (exact) mass is 550 g/mol. The number of carbonyl (C=O) groups excluding carboxylic acids is 1. The number of nitrogens with one attached hydrogen (secondary N) is 2. The molecule has 1 aliphatic heterocycles. The fourth-order valence-corrected chi connectivity index (χ4v) is 6.48. The first-order chi connectivity index (χ1) is 18.0. The fraction of sp³-hybridized carbons (Fsp3) is 0.500. The number of alkyl halides is 3. The van der Waals surface area contributed by atoms with Crippen LogP contribution in [-0.2, 0) is 6.42 Å². The van der Waals surface area contributed by atoms with Gasteiger partial charge >= 0.3 is 6.18 Å². The molecule has 2 fully saturated rings. The molecule has 0 radical (unpaired) electrons. The van der Waals surface area contributed by atoms with Crippen LogP contribution in [0.2, 0.25) is 0 Å². The topological polar surface area (TPSA) is 73.4 Å². The van der Waals surface area contributed by atoms with Crippen molar-refractivity contribution >= 4 is 39.0 Å². The van der Waals surface area contributed by atoms with Crippen molar-refractivity contribution in [1.29, 1.82) is 0 Å². The van der Waals surface area contributed by atoms with E-state index >= 15 is 0 Å². The number of hydrogen-bond acceptors (Lipinski definition) is 7. The van der Waals surface area contributed by atoms with Crippen molar-refractivity contribution in [3.05, 3.63) is 46.9 Å². The summed E-state index contributed by atoms with van der Waals surface area (Å²) in [6.07, 6.45) is -1.18. The normalized spacial score (nSPS) is 21.3. The first kappa shape index (κ1) is 26.6. The number of likely N-dealkylation sites (N-methyl/N-ethyl adjacent to an activating group) is 1. The van der Waals surface area contributed by atoms with Crippen LogP contribution in [0, 0.1) is 11.2 Å². The molecule has 1 aliphatic carbocycles. The summed E-state index contributed by atoms with van der Waals surface area (Å²) in [6.45, 7) is 2.69. The molecule has 1 saturated carbocycles. The molecule has 1 aromatic carbocycles. The predicted octanol–water partition coefficient (Wildman–Crippen LogP) is 4.70. The van der Waals surface area contributed by atoms with Crippen molar-refractivity contribution in [1.82, 2.24) is 20.2 Å². The van der Waals surface area contributed by atoms with Gasteiger partial charge in [0.05, 0.1) is 17.5 Å². The van der Waals surface area contributed by atoms with E-state index in [9.17, 15) is 22.4 Å². The lowest BCUT2D eigenvalue weighted by Gasteiger charge is -2.46. The van der Waals surface area contributed by atoms with E-state index in [2.05, 4.69) is 25.5 Å². The quantitative estimate of drug-likeness (QED) is 0.397. The Bertz CT molecular complexity index is 1320. The third kappa shape index (κ3) is 5.85. The van der Waals surface area contributed by atoms with Crippen molar-refractivity contribution in [3.8, 4) is 0 Å². The average Bonchev–Trinajstić information content (AvgIpc) is 3.42. The first-order valence-electron chi connectivity index (χ1n) is 12.5. The number of hydrogen-bond donors (Lipinski definition) is 2. The van der Waals surface area contributed by atoms with Crippen molar-refractivity contribution in [2.24, 2.45) is 5.41 Å². The second-order valence-corrected chi connectivity index (χ2v) is 11.7. The SMILES string of the molecule is CN(C)CCNC(=O)c1ccc(NC2CC3(CCN(c4ncnc5sc(CC(F)(F)F)cc45)C3)C2)c(F)c1. The molecular weight excluding hydrogens is 520 g/mol. The molecule has 2 aromatic heterocycles. The highest BCUT2D eigenvalue weighted by atomic mass is 32.1. The van der Waals surface area contributed by atoms with Gasteiger partial charge in [-0.05, 0) is 63.0 Å². The second kappa shape index (κ2) is 10.3. The van der Waals surface area contributed by atoms with E-state index in [0.29, 0.717) is 34.8 Å². The van der Waals surface area contributed by atoms with Crippen LogP contribution in [0.4, 0.5) is 29.1 Å². The smallest absolute Gasteiger partial charge is 0.380 e. The van der Waals surface area contributed by atoms with Gasteiger partial charge in [-0.2, -0.15) is 13.2 Å². The number of nitrogens with zero attached hydrogens (tertiary/aromatic N) is 4. The standard InChI is InChI=1S/C26H30F4N6OS/c1-35(2)8-6-31-23(37)16-3-4-21(20(27)9-16)34-17-11-25(12-17)5-7-36(14-25)22-19-10-18(13-26(28,29)30)38-24(19)33-15-32-22/h3-4,9-10,15,17,34H,5-8,11-14H2,1-2H3,(H,31,37). The number of rotatable bonds is 8. The minimum Gasteiger partial charge on any atom is -0.380 e. The lowest BCUT2D eigenvalue weighted by Crippen LogP contribution is -2.47. The number of fused-ring (bicyclic) bond motifs is 1. The van der Waals surface area contributed by atoms with Gasteiger partial charge in [0.25, 0.3) is 5.91 Å². The number of carbonyl (C=O) groups is 1. The number of halogens is 4. The van der Waals surface area contributed by atoms with E-state index in [4.69, 9.17) is 0 Å². The van der Waals surface area contributed by atoms with Gasteiger partial charge in [-0.1, -0.05) is 0 Å². The summed E-state index contributed by atoms with van der Waals surface area (Å²) < 4.78 is 53.4. The number of aromatic nitrogens is 2. The second-order valence-electron chi connectivity index (χ2n) is 10.6. The van der Waals surface area contributed by atoms with Gasteiger partial charge < -0.3 is 20.4 Å². The van der Waals surface area contributed by atoms with Gasteiger partial charge in [-0.3, -0.25) is 4.79 Å². The summed E-state index contributed by atoms with van der Waals surface area (Å²) in [5, 5.41) is 6.71. The summed E-state index contributed by atoms with van der Waals surface area (Å²) in [5.74, 6) is -0.0888. The molecule has 1 spiro atoms. The molecule has 7 nitrogen and oxygen atoms in total. The van der Waals surface area contributed by atoms with Gasteiger partial charge in [0.15, 0.2) is 0 Å². The van der Waals surface area contributed by atoms with E-state index in [1.54, 1.807) is 18.2 Å². The molecule has 5 rings (SSSR count). The van der Waals surface area contributed by atoms with Gasteiger partial charge in [-0.15, -0.1) is 11.3 Å². The van der Waals surface area contributed by atoms with Gasteiger partial charge in [0.1, 0.15) is 22.8 Å². The molecule has 1 saturated heterocycles. The van der Waals surface area contributed by atoms with Crippen LogP contribution in [0.3, 0.4) is 0 Å². The van der Waals surface area contributed by atoms with Gasteiger partial charge in [0, 0.05) is 42.7 Å². The van der Waals surface area contributed by atoms with Gasteiger partial charge in [0.2, 0.25) is 0 Å². The number of amides is 1. The number of anilines is 2. The molecule has 3 heterocycles. The Morgan fingerprint density at radius 3 is 2.74 bits per heavy atom. The molecule has 2 aliphatic rings. The molecule has 38 heavy (non-hydrogen) atoms. The van der Waals surface area contributed by atoms with E-state index in [-0.39, 0.29) is 27.8 Å². The molecular formula is C26H30F4N6OS. The van der Waals surface area contributed by atoms with E-state index < -0.39 is 18.4 Å². The molecule has 12 heteroatoms. The van der Waals surface area contributed by atoms with Crippen LogP contribution in [0.1, 0.15) is 34.5 Å². The van der Waals surface area contributed by atoms with Crippen molar-refractivity contribution in [2.45, 2.75) is 37.9 Å². The van der Waals surface area contributed by atoms with Crippen molar-refractivity contribution < 1.29 is 22.4 Å². The molecule has 0 unspecified atom stereocenters. The highest BCUT2D eigenvalue weighted by molar-refractivity contribution is 7.18. The van der Waals surface area contributed by atoms with Crippen molar-refractivity contribution in [2.75, 3.05) is 50.5 Å². The molecule has 0 atom stereocenters. The largest absolute Gasteiger partial charge is 0.393 e. The van der Waals surface area contributed by atoms with E-state index in [1.807, 2.05) is 19.0 Å². The zero-order chi connectivity index (χ0) is 27.1. The summed E-state index contributed by atoms with van der Waals surface area (Å²) in [7, 11) is 3.82. The Labute approximate surface area is 222 Å². The maximum absolute atomic E-state index is 14.7. The number of thiophene rings is 1. The Kier molecular flexibility index (Phi) is 7.21. The highest BCUT2D eigenvalue weighted by Crippen LogP contribution is 2.50. The Balaban J connectivity index is 1.18. The third-order valence-electron chi connectivity index (χ3n) is 7.27. The van der Waals surface area contributed by atoms with Crippen LogP contribution in [0.5, 0.6) is 0 Å². The van der Waals surface area contributed by atoms with Crippen molar-refractivity contribution in [3.63, 3.8) is 0 Å². The van der Waals surface area contributed by atoms with Crippen LogP contribution in [0.15, 0.2) is 30.6 Å². The van der Waals surface area contributed by atoms with Gasteiger partial charge in [-0.25, -0.2) is 14.4 Å². The van der Waals surface area contributed by atoms with E-state index in [0.717, 1.165) is 43.7 Å². The van der Waals surface area contributed by atoms with Crippen LogP contribution in [-0.4, -0.2) is 73.3 Å². The predicted molar refractivity (Wildman–Crippen MR) is 140 cm³/mol. The lowest BCUT2D eigenvalue weighted by atomic mass is 9.65. The first-order valence-corrected chi connectivity index (χ1v) is 13.4. The summed E-state index contributed by atoms with van der Waals surface area (Å²) in [4.78, 5) is 25.7. The summed E-state index contributed by atoms with van der Waals surface area (Å²) >= 11 is 1.06.